The lowest BCUT2D eigenvalue weighted by Crippen LogP contribution is -2.55. The third kappa shape index (κ3) is 4.78. The van der Waals surface area contributed by atoms with Crippen molar-refractivity contribution in [1.29, 1.82) is 0 Å². The van der Waals surface area contributed by atoms with Gasteiger partial charge in [-0.05, 0) is 37.8 Å². The Labute approximate surface area is 132 Å². The van der Waals surface area contributed by atoms with E-state index in [0.717, 1.165) is 18.5 Å². The zero-order chi connectivity index (χ0) is 15.8. The monoisotopic (exact) mass is 305 g/mol. The van der Waals surface area contributed by atoms with Crippen molar-refractivity contribution in [2.75, 3.05) is 13.2 Å². The standard InChI is InChI=1S/C17H27N3O2/c1-17(13-21,14-7-3-2-4-8-14)20-12-16(22)19-11-15-9-5-6-10-18-15/h5-6,9-10,14,20-21H,2-4,7-8,11-13H2,1H3,(H,19,22)/t17-/m0/s1. The molecule has 0 unspecified atom stereocenters. The third-order valence-corrected chi connectivity index (χ3v) is 4.68. The number of hydrogen-bond donors (Lipinski definition) is 3. The Morgan fingerprint density at radius 2 is 2.14 bits per heavy atom. The van der Waals surface area contributed by atoms with Gasteiger partial charge in [-0.15, -0.1) is 0 Å². The number of aliphatic hydroxyl groups excluding tert-OH is 1. The summed E-state index contributed by atoms with van der Waals surface area (Å²) in [6.07, 6.45) is 7.68. The van der Waals surface area contributed by atoms with Crippen molar-refractivity contribution < 1.29 is 9.90 Å². The molecule has 122 valence electrons. The lowest BCUT2D eigenvalue weighted by molar-refractivity contribution is -0.121. The van der Waals surface area contributed by atoms with Crippen molar-refractivity contribution in [3.63, 3.8) is 0 Å². The molecule has 1 aliphatic carbocycles. The first-order chi connectivity index (χ1) is 10.6. The minimum absolute atomic E-state index is 0.0607. The van der Waals surface area contributed by atoms with E-state index in [0.29, 0.717) is 12.5 Å². The maximum atomic E-state index is 12.0. The van der Waals surface area contributed by atoms with Crippen molar-refractivity contribution >= 4 is 5.91 Å². The lowest BCUT2D eigenvalue weighted by atomic mass is 9.76. The summed E-state index contributed by atoms with van der Waals surface area (Å²) in [4.78, 5) is 16.2. The summed E-state index contributed by atoms with van der Waals surface area (Å²) in [7, 11) is 0. The number of carbonyl (C=O) groups excluding carboxylic acids is 1. The molecule has 1 atom stereocenters. The Balaban J connectivity index is 1.78. The smallest absolute Gasteiger partial charge is 0.234 e. The maximum Gasteiger partial charge on any atom is 0.234 e. The van der Waals surface area contributed by atoms with Gasteiger partial charge in [0.1, 0.15) is 0 Å². The maximum absolute atomic E-state index is 12.0. The summed E-state index contributed by atoms with van der Waals surface area (Å²) in [6, 6.07) is 5.63. The second-order valence-corrected chi connectivity index (χ2v) is 6.36. The van der Waals surface area contributed by atoms with Crippen LogP contribution in [-0.4, -0.2) is 34.7 Å². The summed E-state index contributed by atoms with van der Waals surface area (Å²) in [5, 5.41) is 15.9. The number of nitrogens with zero attached hydrogens (tertiary/aromatic N) is 1. The van der Waals surface area contributed by atoms with Crippen LogP contribution in [0.2, 0.25) is 0 Å². The van der Waals surface area contributed by atoms with Crippen LogP contribution in [-0.2, 0) is 11.3 Å². The highest BCUT2D eigenvalue weighted by atomic mass is 16.3. The topological polar surface area (TPSA) is 74.2 Å². The molecule has 0 spiro atoms. The summed E-state index contributed by atoms with van der Waals surface area (Å²) in [6.45, 7) is 2.74. The van der Waals surface area contributed by atoms with Gasteiger partial charge in [0, 0.05) is 11.7 Å². The second kappa shape index (κ2) is 8.25. The van der Waals surface area contributed by atoms with Crippen molar-refractivity contribution in [1.82, 2.24) is 15.6 Å². The summed E-state index contributed by atoms with van der Waals surface area (Å²) >= 11 is 0. The number of hydrogen-bond acceptors (Lipinski definition) is 4. The predicted octanol–water partition coefficient (Wildman–Crippen LogP) is 1.62. The first-order valence-corrected chi connectivity index (χ1v) is 8.16. The number of rotatable bonds is 7. The molecular formula is C17H27N3O2. The van der Waals surface area contributed by atoms with Crippen LogP contribution in [0.15, 0.2) is 24.4 Å². The highest BCUT2D eigenvalue weighted by Gasteiger charge is 2.34. The normalized spacial score (nSPS) is 18.6. The Morgan fingerprint density at radius 3 is 2.77 bits per heavy atom. The van der Waals surface area contributed by atoms with E-state index in [1.54, 1.807) is 6.20 Å². The van der Waals surface area contributed by atoms with Crippen molar-refractivity contribution in [2.24, 2.45) is 5.92 Å². The largest absolute Gasteiger partial charge is 0.394 e. The van der Waals surface area contributed by atoms with Crippen molar-refractivity contribution in [3.05, 3.63) is 30.1 Å². The van der Waals surface area contributed by atoms with Gasteiger partial charge in [-0.2, -0.15) is 0 Å². The molecule has 5 heteroatoms. The lowest BCUT2D eigenvalue weighted by Gasteiger charge is -2.39. The third-order valence-electron chi connectivity index (χ3n) is 4.68. The Morgan fingerprint density at radius 1 is 1.36 bits per heavy atom. The van der Waals surface area contributed by atoms with Gasteiger partial charge in [-0.1, -0.05) is 25.3 Å². The van der Waals surface area contributed by atoms with E-state index in [2.05, 4.69) is 15.6 Å². The van der Waals surface area contributed by atoms with Gasteiger partial charge in [-0.25, -0.2) is 0 Å². The number of aromatic nitrogens is 1. The van der Waals surface area contributed by atoms with E-state index in [9.17, 15) is 9.90 Å². The fourth-order valence-electron chi connectivity index (χ4n) is 3.11. The van der Waals surface area contributed by atoms with Gasteiger partial charge in [-0.3, -0.25) is 9.78 Å². The molecule has 1 aromatic heterocycles. The van der Waals surface area contributed by atoms with Crippen LogP contribution in [0.3, 0.4) is 0 Å². The van der Waals surface area contributed by atoms with Gasteiger partial charge in [0.25, 0.3) is 0 Å². The molecule has 0 bridgehead atoms. The average molecular weight is 305 g/mol. The van der Waals surface area contributed by atoms with E-state index >= 15 is 0 Å². The Hall–Kier alpha value is -1.46. The summed E-state index contributed by atoms with van der Waals surface area (Å²) < 4.78 is 0. The zero-order valence-electron chi connectivity index (χ0n) is 13.3. The minimum Gasteiger partial charge on any atom is -0.394 e. The molecule has 5 nitrogen and oxygen atoms in total. The molecule has 0 radical (unpaired) electrons. The number of carbonyl (C=O) groups is 1. The number of aliphatic hydroxyl groups is 1. The second-order valence-electron chi connectivity index (χ2n) is 6.36. The number of nitrogens with one attached hydrogen (secondary N) is 2. The fraction of sp³-hybridized carbons (Fsp3) is 0.647. The Bertz CT molecular complexity index is 460. The van der Waals surface area contributed by atoms with E-state index < -0.39 is 0 Å². The summed E-state index contributed by atoms with van der Waals surface area (Å²) in [5.41, 5.74) is 0.469. The molecule has 22 heavy (non-hydrogen) atoms. The molecule has 1 fully saturated rings. The number of pyridine rings is 1. The zero-order valence-corrected chi connectivity index (χ0v) is 13.3. The number of amides is 1. The SMILES string of the molecule is C[C@@](CO)(NCC(=O)NCc1ccccn1)C1CCCCC1. The fourth-order valence-corrected chi connectivity index (χ4v) is 3.11. The van der Waals surface area contributed by atoms with E-state index in [4.69, 9.17) is 0 Å². The summed E-state index contributed by atoms with van der Waals surface area (Å²) in [5.74, 6) is 0.371. The molecule has 1 aliphatic rings. The molecule has 3 N–H and O–H groups in total. The molecule has 0 saturated heterocycles. The first kappa shape index (κ1) is 16.9. The van der Waals surface area contributed by atoms with Gasteiger partial charge in [0.15, 0.2) is 0 Å². The molecular weight excluding hydrogens is 278 g/mol. The molecule has 1 aromatic rings. The quantitative estimate of drug-likeness (QED) is 0.715. The highest BCUT2D eigenvalue weighted by Crippen LogP contribution is 2.32. The van der Waals surface area contributed by atoms with Crippen molar-refractivity contribution in [2.45, 2.75) is 51.1 Å². The highest BCUT2D eigenvalue weighted by molar-refractivity contribution is 5.78. The van der Waals surface area contributed by atoms with E-state index in [-0.39, 0.29) is 24.6 Å². The predicted molar refractivity (Wildman–Crippen MR) is 86.2 cm³/mol. The van der Waals surface area contributed by atoms with Gasteiger partial charge in [0.05, 0.1) is 25.4 Å². The Kier molecular flexibility index (Phi) is 6.34. The van der Waals surface area contributed by atoms with Crippen LogP contribution in [0.5, 0.6) is 0 Å². The van der Waals surface area contributed by atoms with E-state index in [1.165, 1.54) is 19.3 Å². The molecule has 0 aromatic carbocycles. The van der Waals surface area contributed by atoms with Crippen LogP contribution in [0.1, 0.15) is 44.7 Å². The van der Waals surface area contributed by atoms with Crippen LogP contribution in [0, 0.1) is 5.92 Å². The van der Waals surface area contributed by atoms with Crippen LogP contribution < -0.4 is 10.6 Å². The van der Waals surface area contributed by atoms with Crippen LogP contribution >= 0.6 is 0 Å². The molecule has 1 saturated carbocycles. The van der Waals surface area contributed by atoms with E-state index in [1.807, 2.05) is 25.1 Å². The van der Waals surface area contributed by atoms with Crippen LogP contribution in [0.25, 0.3) is 0 Å². The average Bonchev–Trinajstić information content (AvgIpc) is 2.59. The molecule has 2 rings (SSSR count). The van der Waals surface area contributed by atoms with Crippen LogP contribution in [0.4, 0.5) is 0 Å². The van der Waals surface area contributed by atoms with Crippen molar-refractivity contribution in [3.8, 4) is 0 Å². The molecule has 0 aliphatic heterocycles. The molecule has 1 heterocycles. The minimum atomic E-state index is -0.372. The first-order valence-electron chi connectivity index (χ1n) is 8.16. The van der Waals surface area contributed by atoms with Gasteiger partial charge >= 0.3 is 0 Å². The van der Waals surface area contributed by atoms with Gasteiger partial charge < -0.3 is 15.7 Å². The molecule has 1 amide bonds. The van der Waals surface area contributed by atoms with Gasteiger partial charge in [0.2, 0.25) is 5.91 Å².